The Labute approximate surface area is 247 Å². The third kappa shape index (κ3) is 4.57. The van der Waals surface area contributed by atoms with Crippen molar-refractivity contribution in [3.63, 3.8) is 0 Å². The molecule has 2 aliphatic heterocycles. The fourth-order valence-corrected chi connectivity index (χ4v) is 6.88. The number of hydrogen-bond donors (Lipinski definition) is 3. The number of rotatable bonds is 6. The Bertz CT molecular complexity index is 1770. The minimum atomic E-state index is -0.426. The molecule has 2 saturated heterocycles. The summed E-state index contributed by atoms with van der Waals surface area (Å²) in [5.74, 6) is 0.414. The normalized spacial score (nSPS) is 21.8. The summed E-state index contributed by atoms with van der Waals surface area (Å²) in [5.41, 5.74) is 18.5. The summed E-state index contributed by atoms with van der Waals surface area (Å²) in [6.45, 7) is 0. The number of anilines is 1. The minimum absolute atomic E-state index is 0.0354. The molecule has 5 N–H and O–H groups in total. The van der Waals surface area contributed by atoms with Gasteiger partial charge in [-0.25, -0.2) is 14.4 Å². The first-order chi connectivity index (χ1) is 20.9. The number of nitrogens with zero attached hydrogens (tertiary/aromatic N) is 6. The molecule has 3 aromatic heterocycles. The van der Waals surface area contributed by atoms with Gasteiger partial charge in [0.2, 0.25) is 0 Å². The van der Waals surface area contributed by atoms with Crippen molar-refractivity contribution >= 4 is 29.5 Å². The number of hydrogen-bond acceptors (Lipinski definition) is 7. The van der Waals surface area contributed by atoms with E-state index in [1.54, 1.807) is 29.0 Å². The number of amides is 1. The molecule has 1 aliphatic carbocycles. The quantitative estimate of drug-likeness (QED) is 0.226. The topological polar surface area (TPSA) is 161 Å². The molecule has 1 aromatic carbocycles. The molecule has 1 saturated carbocycles. The highest BCUT2D eigenvalue weighted by molar-refractivity contribution is 6.38. The molecule has 12 heteroatoms. The van der Waals surface area contributed by atoms with Crippen molar-refractivity contribution in [3.8, 4) is 28.1 Å². The van der Waals surface area contributed by atoms with Crippen LogP contribution in [0.3, 0.4) is 0 Å². The highest BCUT2D eigenvalue weighted by Crippen LogP contribution is 2.50. The number of nitrogen functional groups attached to an aromatic ring is 1. The van der Waals surface area contributed by atoms with E-state index in [1.165, 1.54) is 13.2 Å². The molecular formula is C31H32FN9O2. The van der Waals surface area contributed by atoms with Gasteiger partial charge in [0, 0.05) is 46.5 Å². The zero-order valence-corrected chi connectivity index (χ0v) is 23.7. The largest absolute Gasteiger partial charge is 0.494 e. The summed E-state index contributed by atoms with van der Waals surface area (Å²) in [4.78, 5) is 28.5. The number of nitrogens with one attached hydrogen (secondary N) is 1. The number of carbonyl (C=O) groups excluding carboxylic acids is 1. The molecule has 43 heavy (non-hydrogen) atoms. The van der Waals surface area contributed by atoms with E-state index >= 15 is 0 Å². The number of methoxy groups -OCH3 is 1. The fraction of sp³-hybridized carbons (Fsp3) is 0.355. The summed E-state index contributed by atoms with van der Waals surface area (Å²) in [6, 6.07) is 8.57. The Balaban J connectivity index is 1.24. The highest BCUT2D eigenvalue weighted by Gasteiger charge is 2.46. The number of amidine groups is 1. The molecule has 3 fully saturated rings. The average Bonchev–Trinajstić information content (AvgIpc) is 3.71. The van der Waals surface area contributed by atoms with Crippen LogP contribution in [0.25, 0.3) is 28.0 Å². The Morgan fingerprint density at radius 2 is 1.84 bits per heavy atom. The van der Waals surface area contributed by atoms with Gasteiger partial charge in [-0.1, -0.05) is 6.07 Å². The van der Waals surface area contributed by atoms with Crippen molar-refractivity contribution in [1.82, 2.24) is 24.5 Å². The molecule has 11 nitrogen and oxygen atoms in total. The minimum Gasteiger partial charge on any atom is -0.494 e. The van der Waals surface area contributed by atoms with Gasteiger partial charge in [-0.05, 0) is 68.7 Å². The zero-order valence-electron chi connectivity index (χ0n) is 23.7. The van der Waals surface area contributed by atoms with E-state index in [9.17, 15) is 9.18 Å². The van der Waals surface area contributed by atoms with Crippen molar-refractivity contribution < 1.29 is 13.9 Å². The van der Waals surface area contributed by atoms with E-state index < -0.39 is 5.82 Å². The van der Waals surface area contributed by atoms with Crippen LogP contribution in [-0.4, -0.2) is 61.8 Å². The number of nitrogens with two attached hydrogens (primary N) is 2. The zero-order chi connectivity index (χ0) is 29.8. The fourth-order valence-electron chi connectivity index (χ4n) is 6.88. The number of pyridine rings is 1. The molecule has 7 rings (SSSR count). The number of ether oxygens (including phenoxy) is 1. The lowest BCUT2D eigenvalue weighted by molar-refractivity contribution is -0.128. The van der Waals surface area contributed by atoms with Gasteiger partial charge in [0.25, 0.3) is 5.91 Å². The Morgan fingerprint density at radius 3 is 2.49 bits per heavy atom. The predicted molar refractivity (Wildman–Crippen MR) is 161 cm³/mol. The third-order valence-electron chi connectivity index (χ3n) is 9.03. The number of fused-ring (bicyclic) bond motifs is 3. The van der Waals surface area contributed by atoms with Crippen LogP contribution in [0.4, 0.5) is 10.2 Å². The highest BCUT2D eigenvalue weighted by atomic mass is 19.1. The van der Waals surface area contributed by atoms with Crippen molar-refractivity contribution in [2.45, 2.75) is 62.4 Å². The van der Waals surface area contributed by atoms with E-state index in [4.69, 9.17) is 26.6 Å². The molecule has 2 unspecified atom stereocenters. The van der Waals surface area contributed by atoms with E-state index in [1.807, 2.05) is 17.0 Å². The van der Waals surface area contributed by atoms with Gasteiger partial charge in [-0.2, -0.15) is 9.61 Å². The van der Waals surface area contributed by atoms with Gasteiger partial charge in [0.1, 0.15) is 12.2 Å². The van der Waals surface area contributed by atoms with Gasteiger partial charge in [0.15, 0.2) is 23.0 Å². The molecular weight excluding hydrogens is 549 g/mol. The Morgan fingerprint density at radius 1 is 1.09 bits per heavy atom. The molecule has 5 heterocycles. The number of aliphatic imine (C=N–C) groups is 1. The maximum atomic E-state index is 13.9. The molecule has 0 spiro atoms. The van der Waals surface area contributed by atoms with Crippen LogP contribution in [0.2, 0.25) is 0 Å². The summed E-state index contributed by atoms with van der Waals surface area (Å²) in [7, 11) is 1.43. The van der Waals surface area contributed by atoms with Crippen LogP contribution in [-0.2, 0) is 4.79 Å². The van der Waals surface area contributed by atoms with Crippen LogP contribution < -0.4 is 16.2 Å². The third-order valence-corrected chi connectivity index (χ3v) is 9.03. The number of aromatic nitrogens is 4. The predicted octanol–water partition coefficient (Wildman–Crippen LogP) is 4.27. The van der Waals surface area contributed by atoms with E-state index in [2.05, 4.69) is 15.1 Å². The van der Waals surface area contributed by atoms with Gasteiger partial charge in [0.05, 0.1) is 24.7 Å². The van der Waals surface area contributed by atoms with Gasteiger partial charge in [-0.15, -0.1) is 0 Å². The van der Waals surface area contributed by atoms with E-state index in [-0.39, 0.29) is 35.5 Å². The lowest BCUT2D eigenvalue weighted by Gasteiger charge is -2.39. The molecule has 0 radical (unpaired) electrons. The lowest BCUT2D eigenvalue weighted by Crippen LogP contribution is -2.50. The molecule has 3 aliphatic rings. The summed E-state index contributed by atoms with van der Waals surface area (Å²) in [5, 5.41) is 11.8. The standard InChI is InChI=1S/C31H32FN9O2/c1-43-25-12-17(4-8-23(25)32)24-9-5-18(13-36-24)22-14-38-41-29(35)26(16-2-3-16)27(39-30(22)41)19-10-20-6-7-21(11-19)40(20)31(42)28(34)37-15-33/h4-5,8-9,12-16,19-21H,2-3,6-7,10-11,35H2,1H3,(H3,33,34,37). The second-order valence-corrected chi connectivity index (χ2v) is 11.6. The van der Waals surface area contributed by atoms with Crippen LogP contribution in [0.5, 0.6) is 5.75 Å². The molecule has 4 aromatic rings. The second-order valence-electron chi connectivity index (χ2n) is 11.6. The summed E-state index contributed by atoms with van der Waals surface area (Å²) in [6.07, 6.45) is 9.81. The molecule has 1 amide bonds. The number of benzene rings is 1. The first kappa shape index (κ1) is 27.0. The molecule has 2 atom stereocenters. The van der Waals surface area contributed by atoms with Crippen molar-refractivity contribution in [2.75, 3.05) is 12.8 Å². The van der Waals surface area contributed by atoms with E-state index in [0.717, 1.165) is 72.8 Å². The van der Waals surface area contributed by atoms with Gasteiger partial charge < -0.3 is 21.1 Å². The SMILES string of the molecule is COc1cc(-c2ccc(-c3cnn4c(N)c(C5CC5)c(C5CC6CCC(C5)N6C(=O)C(N)=NC=N)nc34)cn2)ccc1F. The Hall–Kier alpha value is -4.87. The first-order valence-corrected chi connectivity index (χ1v) is 14.5. The van der Waals surface area contributed by atoms with Crippen LogP contribution in [0.15, 0.2) is 47.7 Å². The van der Waals surface area contributed by atoms with Crippen molar-refractivity contribution in [3.05, 3.63) is 59.8 Å². The number of piperidine rings is 1. The lowest BCUT2D eigenvalue weighted by atomic mass is 9.85. The second kappa shape index (κ2) is 10.4. The Kier molecular flexibility index (Phi) is 6.55. The monoisotopic (exact) mass is 581 g/mol. The van der Waals surface area contributed by atoms with Crippen LogP contribution in [0.1, 0.15) is 61.6 Å². The maximum Gasteiger partial charge on any atom is 0.289 e. The average molecular weight is 582 g/mol. The summed E-state index contributed by atoms with van der Waals surface area (Å²) < 4.78 is 20.8. The molecule has 220 valence electrons. The van der Waals surface area contributed by atoms with Crippen molar-refractivity contribution in [2.24, 2.45) is 10.7 Å². The van der Waals surface area contributed by atoms with E-state index in [0.29, 0.717) is 23.1 Å². The number of carbonyl (C=O) groups is 1. The van der Waals surface area contributed by atoms with Crippen molar-refractivity contribution in [1.29, 1.82) is 5.41 Å². The van der Waals surface area contributed by atoms with Crippen LogP contribution >= 0.6 is 0 Å². The van der Waals surface area contributed by atoms with Crippen LogP contribution in [0, 0.1) is 11.2 Å². The van der Waals surface area contributed by atoms with Gasteiger partial charge in [-0.3, -0.25) is 15.2 Å². The first-order valence-electron chi connectivity index (χ1n) is 14.5. The summed E-state index contributed by atoms with van der Waals surface area (Å²) >= 11 is 0. The smallest absolute Gasteiger partial charge is 0.289 e. The number of halogens is 1. The molecule has 2 bridgehead atoms. The van der Waals surface area contributed by atoms with Gasteiger partial charge >= 0.3 is 0 Å². The maximum absolute atomic E-state index is 13.9.